The molecule has 2 heterocycles. The molecule has 31 heavy (non-hydrogen) atoms. The van der Waals surface area contributed by atoms with Gasteiger partial charge in [0.2, 0.25) is 0 Å². The van der Waals surface area contributed by atoms with E-state index < -0.39 is 11.7 Å². The van der Waals surface area contributed by atoms with Crippen molar-refractivity contribution in [3.8, 4) is 11.5 Å². The largest absolute Gasteiger partial charge is 0.497 e. The van der Waals surface area contributed by atoms with Gasteiger partial charge < -0.3 is 24.6 Å². The number of anilines is 1. The molecule has 2 aliphatic heterocycles. The normalized spacial score (nSPS) is 18.8. The first-order valence-corrected chi connectivity index (χ1v) is 10.1. The quantitative estimate of drug-likeness (QED) is 0.801. The van der Waals surface area contributed by atoms with Crippen LogP contribution in [0.2, 0.25) is 0 Å². The van der Waals surface area contributed by atoms with Crippen molar-refractivity contribution in [2.75, 3.05) is 44.8 Å². The number of methoxy groups -OCH3 is 1. The van der Waals surface area contributed by atoms with E-state index in [2.05, 4.69) is 5.32 Å². The topological polar surface area (TPSA) is 54.0 Å². The van der Waals surface area contributed by atoms with Crippen LogP contribution in [0.15, 0.2) is 42.5 Å². The van der Waals surface area contributed by atoms with Crippen molar-refractivity contribution in [2.24, 2.45) is 0 Å². The number of carbonyl (C=O) groups excluding carboxylic acids is 1. The van der Waals surface area contributed by atoms with Gasteiger partial charge in [0.1, 0.15) is 18.1 Å². The first kappa shape index (κ1) is 21.1. The van der Waals surface area contributed by atoms with Crippen molar-refractivity contribution in [1.82, 2.24) is 10.2 Å². The predicted octanol–water partition coefficient (Wildman–Crippen LogP) is 3.55. The Labute approximate surface area is 178 Å². The van der Waals surface area contributed by atoms with Gasteiger partial charge in [0.15, 0.2) is 0 Å². The summed E-state index contributed by atoms with van der Waals surface area (Å²) >= 11 is 0. The molecule has 0 spiro atoms. The highest BCUT2D eigenvalue weighted by Crippen LogP contribution is 2.32. The van der Waals surface area contributed by atoms with E-state index in [1.807, 2.05) is 23.1 Å². The number of ether oxygens (including phenoxy) is 2. The van der Waals surface area contributed by atoms with E-state index in [-0.39, 0.29) is 12.1 Å². The number of carbonyl (C=O) groups is 1. The molecule has 6 nitrogen and oxygen atoms in total. The number of nitrogens with zero attached hydrogens (tertiary/aromatic N) is 2. The van der Waals surface area contributed by atoms with Crippen LogP contribution >= 0.6 is 0 Å². The summed E-state index contributed by atoms with van der Waals surface area (Å²) in [6, 6.07) is 10.5. The molecule has 2 aromatic rings. The molecular weight excluding hydrogens is 411 g/mol. The van der Waals surface area contributed by atoms with Crippen LogP contribution in [0, 0.1) is 0 Å². The summed E-state index contributed by atoms with van der Waals surface area (Å²) in [4.78, 5) is 16.2. The van der Waals surface area contributed by atoms with Crippen LogP contribution in [0.25, 0.3) is 0 Å². The fraction of sp³-hybridized carbons (Fsp3) is 0.409. The van der Waals surface area contributed by atoms with Gasteiger partial charge in [-0.15, -0.1) is 0 Å². The molecule has 9 heteroatoms. The second-order valence-electron chi connectivity index (χ2n) is 7.66. The number of halogens is 3. The summed E-state index contributed by atoms with van der Waals surface area (Å²) in [7, 11) is 1.60. The summed E-state index contributed by atoms with van der Waals surface area (Å²) in [6.45, 7) is 2.18. The molecular formula is C22H24F3N3O3. The lowest BCUT2D eigenvalue weighted by Gasteiger charge is -2.37. The van der Waals surface area contributed by atoms with Gasteiger partial charge in [0.25, 0.3) is 0 Å². The van der Waals surface area contributed by atoms with E-state index in [4.69, 9.17) is 9.47 Å². The zero-order valence-corrected chi connectivity index (χ0v) is 17.1. The molecule has 4 rings (SSSR count). The number of nitrogens with one attached hydrogen (secondary N) is 1. The van der Waals surface area contributed by atoms with Gasteiger partial charge >= 0.3 is 12.2 Å². The highest BCUT2D eigenvalue weighted by atomic mass is 19.4. The lowest BCUT2D eigenvalue weighted by molar-refractivity contribution is -0.137. The van der Waals surface area contributed by atoms with Crippen LogP contribution in [-0.4, -0.2) is 56.9 Å². The molecule has 2 aromatic carbocycles. The van der Waals surface area contributed by atoms with Crippen LogP contribution in [0.4, 0.5) is 23.7 Å². The average Bonchev–Trinajstić information content (AvgIpc) is 2.78. The van der Waals surface area contributed by atoms with Gasteiger partial charge in [-0.05, 0) is 48.4 Å². The molecule has 1 saturated heterocycles. The van der Waals surface area contributed by atoms with Crippen LogP contribution in [0.5, 0.6) is 11.5 Å². The standard InChI is InChI=1S/C22H24F3N3O3/c1-30-19-5-6-20-15(12-19)11-17(14-31-20)26-21(29)28-9-7-27(8-10-28)18-4-2-3-16(13-18)22(23,24)25/h2-6,12-13,17H,7-11,14H2,1H3,(H,26,29)/t17-/m1/s1. The maximum atomic E-state index is 13.0. The Morgan fingerprint density at radius 1 is 1.13 bits per heavy atom. The molecule has 0 aliphatic carbocycles. The number of alkyl halides is 3. The molecule has 0 bridgehead atoms. The minimum absolute atomic E-state index is 0.159. The second kappa shape index (κ2) is 8.56. The molecule has 0 unspecified atom stereocenters. The lowest BCUT2D eigenvalue weighted by atomic mass is 10.0. The average molecular weight is 435 g/mol. The highest BCUT2D eigenvalue weighted by Gasteiger charge is 2.31. The lowest BCUT2D eigenvalue weighted by Crippen LogP contribution is -2.55. The van der Waals surface area contributed by atoms with E-state index in [9.17, 15) is 18.0 Å². The number of piperazine rings is 1. The smallest absolute Gasteiger partial charge is 0.416 e. The fourth-order valence-electron chi connectivity index (χ4n) is 3.90. The van der Waals surface area contributed by atoms with E-state index in [0.717, 1.165) is 29.2 Å². The maximum absolute atomic E-state index is 13.0. The third-order valence-electron chi connectivity index (χ3n) is 5.61. The second-order valence-corrected chi connectivity index (χ2v) is 7.66. The molecule has 2 amide bonds. The number of hydrogen-bond acceptors (Lipinski definition) is 4. The summed E-state index contributed by atoms with van der Waals surface area (Å²) in [5.74, 6) is 1.53. The highest BCUT2D eigenvalue weighted by molar-refractivity contribution is 5.75. The van der Waals surface area contributed by atoms with Crippen molar-refractivity contribution >= 4 is 11.7 Å². The monoisotopic (exact) mass is 435 g/mol. The van der Waals surface area contributed by atoms with Crippen molar-refractivity contribution in [2.45, 2.75) is 18.6 Å². The number of benzene rings is 2. The van der Waals surface area contributed by atoms with Gasteiger partial charge in [-0.25, -0.2) is 4.79 Å². The number of rotatable bonds is 3. The van der Waals surface area contributed by atoms with E-state index >= 15 is 0 Å². The first-order valence-electron chi connectivity index (χ1n) is 10.1. The van der Waals surface area contributed by atoms with Gasteiger partial charge in [0, 0.05) is 31.9 Å². The zero-order valence-electron chi connectivity index (χ0n) is 17.1. The van der Waals surface area contributed by atoms with E-state index in [0.29, 0.717) is 44.9 Å². The zero-order chi connectivity index (χ0) is 22.0. The van der Waals surface area contributed by atoms with Crippen LogP contribution in [-0.2, 0) is 12.6 Å². The van der Waals surface area contributed by atoms with Gasteiger partial charge in [-0.2, -0.15) is 13.2 Å². The summed E-state index contributed by atoms with van der Waals surface area (Å²) in [5.41, 5.74) is 0.825. The first-order chi connectivity index (χ1) is 14.8. The van der Waals surface area contributed by atoms with Gasteiger partial charge in [-0.3, -0.25) is 0 Å². The summed E-state index contributed by atoms with van der Waals surface area (Å²) in [6.07, 6.45) is -3.73. The number of amides is 2. The Morgan fingerprint density at radius 2 is 1.90 bits per heavy atom. The predicted molar refractivity (Wildman–Crippen MR) is 110 cm³/mol. The maximum Gasteiger partial charge on any atom is 0.416 e. The third kappa shape index (κ3) is 4.81. The Bertz CT molecular complexity index is 943. The number of hydrogen-bond donors (Lipinski definition) is 1. The molecule has 1 fully saturated rings. The van der Waals surface area contributed by atoms with E-state index in [1.165, 1.54) is 6.07 Å². The van der Waals surface area contributed by atoms with Crippen molar-refractivity contribution in [1.29, 1.82) is 0 Å². The molecule has 2 aliphatic rings. The van der Waals surface area contributed by atoms with E-state index in [1.54, 1.807) is 18.1 Å². The summed E-state index contributed by atoms with van der Waals surface area (Å²) < 4.78 is 49.9. The Kier molecular flexibility index (Phi) is 5.84. The number of urea groups is 1. The molecule has 1 N–H and O–H groups in total. The van der Waals surface area contributed by atoms with Crippen LogP contribution in [0.1, 0.15) is 11.1 Å². The summed E-state index contributed by atoms with van der Waals surface area (Å²) in [5, 5.41) is 3.00. The Balaban J connectivity index is 1.32. The van der Waals surface area contributed by atoms with Gasteiger partial charge in [-0.1, -0.05) is 6.07 Å². The Hall–Kier alpha value is -3.10. The van der Waals surface area contributed by atoms with Crippen LogP contribution in [0.3, 0.4) is 0 Å². The minimum Gasteiger partial charge on any atom is -0.497 e. The molecule has 0 aromatic heterocycles. The third-order valence-corrected chi connectivity index (χ3v) is 5.61. The molecule has 0 saturated carbocycles. The minimum atomic E-state index is -4.37. The van der Waals surface area contributed by atoms with Crippen molar-refractivity contribution in [3.05, 3.63) is 53.6 Å². The van der Waals surface area contributed by atoms with Crippen molar-refractivity contribution in [3.63, 3.8) is 0 Å². The fourth-order valence-corrected chi connectivity index (χ4v) is 3.90. The molecule has 1 atom stereocenters. The Morgan fingerprint density at radius 3 is 2.61 bits per heavy atom. The van der Waals surface area contributed by atoms with Crippen LogP contribution < -0.4 is 19.7 Å². The van der Waals surface area contributed by atoms with Gasteiger partial charge in [0.05, 0.1) is 18.7 Å². The molecule has 166 valence electrons. The molecule has 0 radical (unpaired) electrons. The van der Waals surface area contributed by atoms with Crippen molar-refractivity contribution < 1.29 is 27.4 Å². The number of fused-ring (bicyclic) bond motifs is 1. The SMILES string of the molecule is COc1ccc2c(c1)C[C@@H](NC(=O)N1CCN(c3cccc(C(F)(F)F)c3)CC1)CO2.